The number of hydrogen-bond acceptors (Lipinski definition) is 0. The minimum absolute atomic E-state index is 0.127. The molecule has 0 bridgehead atoms. The van der Waals surface area contributed by atoms with E-state index in [-0.39, 0.29) is 14.7 Å². The second-order valence-corrected chi connectivity index (χ2v) is 3.58. The highest BCUT2D eigenvalue weighted by Crippen LogP contribution is 2.24. The van der Waals surface area contributed by atoms with Crippen LogP contribution in [0, 0.1) is 34.9 Å². The van der Waals surface area contributed by atoms with E-state index in [1.807, 2.05) is 0 Å². The van der Waals surface area contributed by atoms with Crippen molar-refractivity contribution in [1.82, 2.24) is 0 Å². The van der Waals surface area contributed by atoms with Crippen LogP contribution in [0.2, 0.25) is 0 Å². The Bertz CT molecular complexity index is 229. The number of rotatable bonds is 0. The first-order valence-corrected chi connectivity index (χ1v) is 4.33. The summed E-state index contributed by atoms with van der Waals surface area (Å²) in [4.78, 5) is 0. The molecule has 0 fully saturated rings. The van der Waals surface area contributed by atoms with Crippen LogP contribution in [0.3, 0.4) is 0 Å². The van der Waals surface area contributed by atoms with E-state index in [0.29, 0.717) is 0 Å². The summed E-state index contributed by atoms with van der Waals surface area (Å²) in [5.41, 5.74) is -0.253. The molecule has 0 saturated heterocycles. The van der Waals surface area contributed by atoms with Crippen molar-refractivity contribution in [1.29, 1.82) is 0 Å². The van der Waals surface area contributed by atoms with Gasteiger partial charge in [0.15, 0.2) is 0 Å². The average Bonchev–Trinajstić information content (AvgIpc) is 2.08. The molecule has 0 aromatic heterocycles. The second-order valence-electron chi connectivity index (χ2n) is 2.51. The Kier molecular flexibility index (Phi) is 2.65. The Labute approximate surface area is 81.9 Å². The largest absolute Gasteiger partial charge is 0.206 e. The van der Waals surface area contributed by atoms with Crippen LogP contribution in [-0.2, 0) is 0 Å². The molecule has 0 atom stereocenters. The molecule has 0 heterocycles. The van der Waals surface area contributed by atoms with Crippen LogP contribution in [0.25, 0.3) is 0 Å². The monoisotopic (exact) mass is 286 g/mol. The fourth-order valence-electron chi connectivity index (χ4n) is 0.900. The van der Waals surface area contributed by atoms with Gasteiger partial charge in [0, 0.05) is 11.1 Å². The molecule has 4 heteroatoms. The minimum Gasteiger partial charge on any atom is -0.206 e. The molecule has 0 nitrogen and oxygen atoms in total. The van der Waals surface area contributed by atoms with E-state index in [2.05, 4.69) is 0 Å². The SMILES string of the molecule is Cc1c(F)c(C)c(F)c(I)c1F. The van der Waals surface area contributed by atoms with Crippen molar-refractivity contribution in [2.24, 2.45) is 0 Å². The summed E-state index contributed by atoms with van der Waals surface area (Å²) in [7, 11) is 0. The molecule has 1 aromatic carbocycles. The van der Waals surface area contributed by atoms with Gasteiger partial charge in [0.25, 0.3) is 0 Å². The van der Waals surface area contributed by atoms with E-state index < -0.39 is 17.5 Å². The Balaban J connectivity index is 3.60. The van der Waals surface area contributed by atoms with E-state index >= 15 is 0 Å². The van der Waals surface area contributed by atoms with Crippen molar-refractivity contribution in [3.05, 3.63) is 32.1 Å². The van der Waals surface area contributed by atoms with Gasteiger partial charge in [-0.1, -0.05) is 0 Å². The summed E-state index contributed by atoms with van der Waals surface area (Å²) in [6.45, 7) is 2.58. The molecule has 0 spiro atoms. The van der Waals surface area contributed by atoms with Gasteiger partial charge < -0.3 is 0 Å². The molecule has 66 valence electrons. The first-order valence-electron chi connectivity index (χ1n) is 3.26. The van der Waals surface area contributed by atoms with Gasteiger partial charge in [-0.25, -0.2) is 13.2 Å². The first kappa shape index (κ1) is 9.83. The summed E-state index contributed by atoms with van der Waals surface area (Å²) in [5.74, 6) is -2.42. The predicted molar refractivity (Wildman–Crippen MR) is 48.5 cm³/mol. The minimum atomic E-state index is -0.809. The summed E-state index contributed by atoms with van der Waals surface area (Å²) < 4.78 is 38.7. The lowest BCUT2D eigenvalue weighted by Gasteiger charge is -2.06. The molecule has 1 rings (SSSR count). The van der Waals surface area contributed by atoms with Crippen LogP contribution in [-0.4, -0.2) is 0 Å². The maximum atomic E-state index is 12.9. The standard InChI is InChI=1S/C8H6F3I/c1-3-5(9)4(2)7(11)8(12)6(3)10/h1-2H3. The Morgan fingerprint density at radius 1 is 0.833 bits per heavy atom. The molecule has 0 unspecified atom stereocenters. The maximum Gasteiger partial charge on any atom is 0.145 e. The van der Waals surface area contributed by atoms with Crippen LogP contribution >= 0.6 is 22.6 Å². The fraction of sp³-hybridized carbons (Fsp3) is 0.250. The molecule has 0 N–H and O–H groups in total. The van der Waals surface area contributed by atoms with Crippen molar-refractivity contribution < 1.29 is 13.2 Å². The van der Waals surface area contributed by atoms with E-state index in [0.717, 1.165) is 0 Å². The van der Waals surface area contributed by atoms with E-state index in [4.69, 9.17) is 0 Å². The lowest BCUT2D eigenvalue weighted by atomic mass is 10.1. The van der Waals surface area contributed by atoms with Crippen molar-refractivity contribution in [3.63, 3.8) is 0 Å². The average molecular weight is 286 g/mol. The topological polar surface area (TPSA) is 0 Å². The van der Waals surface area contributed by atoms with E-state index in [1.165, 1.54) is 36.4 Å². The highest BCUT2D eigenvalue weighted by molar-refractivity contribution is 14.1. The summed E-state index contributed by atoms with van der Waals surface area (Å²) >= 11 is 1.52. The molecule has 1 aromatic rings. The number of halogens is 4. The Morgan fingerprint density at radius 2 is 1.17 bits per heavy atom. The van der Waals surface area contributed by atoms with Gasteiger partial charge in [0.1, 0.15) is 17.5 Å². The molecular weight excluding hydrogens is 280 g/mol. The van der Waals surface area contributed by atoms with Crippen LogP contribution < -0.4 is 0 Å². The van der Waals surface area contributed by atoms with Crippen molar-refractivity contribution in [2.75, 3.05) is 0 Å². The molecule has 0 radical (unpaired) electrons. The number of hydrogen-bond donors (Lipinski definition) is 0. The lowest BCUT2D eigenvalue weighted by molar-refractivity contribution is 0.513. The quantitative estimate of drug-likeness (QED) is 0.390. The molecule has 0 aliphatic carbocycles. The van der Waals surface area contributed by atoms with Gasteiger partial charge in [-0.3, -0.25) is 0 Å². The van der Waals surface area contributed by atoms with Crippen LogP contribution in [0.15, 0.2) is 0 Å². The molecule has 12 heavy (non-hydrogen) atoms. The first-order chi connectivity index (χ1) is 5.46. The predicted octanol–water partition coefficient (Wildman–Crippen LogP) is 3.33. The van der Waals surface area contributed by atoms with Gasteiger partial charge in [-0.05, 0) is 36.4 Å². The molecular formula is C8H6F3I. The van der Waals surface area contributed by atoms with E-state index in [9.17, 15) is 13.2 Å². The third-order valence-corrected chi connectivity index (χ3v) is 2.65. The summed E-state index contributed by atoms with van der Waals surface area (Å²) in [6, 6.07) is 0. The van der Waals surface area contributed by atoms with Crippen LogP contribution in [0.1, 0.15) is 11.1 Å². The van der Waals surface area contributed by atoms with E-state index in [1.54, 1.807) is 0 Å². The Hall–Kier alpha value is -0.260. The lowest BCUT2D eigenvalue weighted by Crippen LogP contribution is -2.01. The highest BCUT2D eigenvalue weighted by atomic mass is 127. The maximum absolute atomic E-state index is 12.9. The smallest absolute Gasteiger partial charge is 0.145 e. The molecule has 0 aliphatic rings. The third-order valence-electron chi connectivity index (χ3n) is 1.70. The van der Waals surface area contributed by atoms with Gasteiger partial charge in [-0.15, -0.1) is 0 Å². The third kappa shape index (κ3) is 1.32. The fourth-order valence-corrected chi connectivity index (χ4v) is 1.71. The molecule has 0 amide bonds. The summed E-state index contributed by atoms with van der Waals surface area (Å²) in [6.07, 6.45) is 0. The zero-order chi connectivity index (χ0) is 9.46. The zero-order valence-corrected chi connectivity index (χ0v) is 8.67. The zero-order valence-electron chi connectivity index (χ0n) is 6.51. The van der Waals surface area contributed by atoms with Gasteiger partial charge in [-0.2, -0.15) is 0 Å². The highest BCUT2D eigenvalue weighted by Gasteiger charge is 2.17. The van der Waals surface area contributed by atoms with Gasteiger partial charge in [0.05, 0.1) is 3.57 Å². The van der Waals surface area contributed by atoms with Crippen molar-refractivity contribution in [2.45, 2.75) is 13.8 Å². The Morgan fingerprint density at radius 3 is 1.50 bits per heavy atom. The van der Waals surface area contributed by atoms with Gasteiger partial charge >= 0.3 is 0 Å². The molecule has 0 saturated carbocycles. The molecule has 0 aliphatic heterocycles. The van der Waals surface area contributed by atoms with Crippen molar-refractivity contribution >= 4 is 22.6 Å². The van der Waals surface area contributed by atoms with Crippen LogP contribution in [0.5, 0.6) is 0 Å². The van der Waals surface area contributed by atoms with Crippen molar-refractivity contribution in [3.8, 4) is 0 Å². The summed E-state index contributed by atoms with van der Waals surface area (Å²) in [5, 5.41) is 0. The normalized spacial score (nSPS) is 10.5. The second kappa shape index (κ2) is 3.24. The number of benzene rings is 1. The van der Waals surface area contributed by atoms with Crippen LogP contribution in [0.4, 0.5) is 13.2 Å². The van der Waals surface area contributed by atoms with Gasteiger partial charge in [0.2, 0.25) is 0 Å².